The highest BCUT2D eigenvalue weighted by molar-refractivity contribution is 5.90. The highest BCUT2D eigenvalue weighted by Crippen LogP contribution is 2.25. The number of hydrogen-bond acceptors (Lipinski definition) is 7. The molecule has 0 unspecified atom stereocenters. The van der Waals surface area contributed by atoms with Crippen molar-refractivity contribution >= 4 is 29.2 Å². The summed E-state index contributed by atoms with van der Waals surface area (Å²) in [6, 6.07) is 15.6. The van der Waals surface area contributed by atoms with Gasteiger partial charge in [-0.3, -0.25) is 4.79 Å². The molecular formula is C21H24N6O2. The molecule has 0 radical (unpaired) electrons. The van der Waals surface area contributed by atoms with Gasteiger partial charge in [0.25, 0.3) is 0 Å². The summed E-state index contributed by atoms with van der Waals surface area (Å²) in [5.41, 5.74) is 3.58. The van der Waals surface area contributed by atoms with E-state index >= 15 is 0 Å². The van der Waals surface area contributed by atoms with E-state index in [0.29, 0.717) is 31.7 Å². The van der Waals surface area contributed by atoms with Crippen molar-refractivity contribution in [1.29, 1.82) is 0 Å². The topological polar surface area (TPSA) is 101 Å². The van der Waals surface area contributed by atoms with Crippen molar-refractivity contribution in [2.75, 3.05) is 29.1 Å². The molecule has 0 aliphatic rings. The standard InChI is InChI=1S/C21H24N6O2/c1-15-18(25-16(2)28)9-6-10-19(15)26-21-24-14-23-20(27-21)22-11-12-29-13-17-7-4-3-5-8-17/h3-10,14H,11-13H2,1-2H3,(H,25,28)(H2,22,23,24,26,27). The average Bonchev–Trinajstić information content (AvgIpc) is 2.71. The van der Waals surface area contributed by atoms with Crippen molar-refractivity contribution in [3.63, 3.8) is 0 Å². The molecule has 1 aromatic heterocycles. The van der Waals surface area contributed by atoms with Gasteiger partial charge in [0.15, 0.2) is 0 Å². The smallest absolute Gasteiger partial charge is 0.232 e. The van der Waals surface area contributed by atoms with Gasteiger partial charge in [-0.1, -0.05) is 36.4 Å². The van der Waals surface area contributed by atoms with E-state index in [1.165, 1.54) is 13.3 Å². The summed E-state index contributed by atoms with van der Waals surface area (Å²) in [4.78, 5) is 24.0. The Morgan fingerprint density at radius 3 is 2.55 bits per heavy atom. The lowest BCUT2D eigenvalue weighted by molar-refractivity contribution is -0.114. The highest BCUT2D eigenvalue weighted by atomic mass is 16.5. The van der Waals surface area contributed by atoms with Crippen LogP contribution >= 0.6 is 0 Å². The van der Waals surface area contributed by atoms with E-state index < -0.39 is 0 Å². The molecular weight excluding hydrogens is 368 g/mol. The second-order valence-electron chi connectivity index (χ2n) is 6.38. The second-order valence-corrected chi connectivity index (χ2v) is 6.38. The van der Waals surface area contributed by atoms with Gasteiger partial charge in [-0.2, -0.15) is 4.98 Å². The first-order valence-electron chi connectivity index (χ1n) is 9.30. The predicted octanol–water partition coefficient (Wildman–Crippen LogP) is 3.51. The molecule has 0 aliphatic heterocycles. The molecule has 1 amide bonds. The Bertz CT molecular complexity index is 949. The fraction of sp³-hybridized carbons (Fsp3) is 0.238. The summed E-state index contributed by atoms with van der Waals surface area (Å²) in [7, 11) is 0. The highest BCUT2D eigenvalue weighted by Gasteiger charge is 2.07. The Morgan fingerprint density at radius 2 is 1.76 bits per heavy atom. The minimum absolute atomic E-state index is 0.119. The molecule has 0 aliphatic carbocycles. The Balaban J connectivity index is 1.52. The van der Waals surface area contributed by atoms with Crippen molar-refractivity contribution < 1.29 is 9.53 Å². The fourth-order valence-electron chi connectivity index (χ4n) is 2.66. The van der Waals surface area contributed by atoms with Crippen LogP contribution in [0.25, 0.3) is 0 Å². The maximum atomic E-state index is 11.3. The molecule has 3 aromatic rings. The number of rotatable bonds is 9. The average molecular weight is 392 g/mol. The summed E-state index contributed by atoms with van der Waals surface area (Å²) in [5.74, 6) is 0.753. The van der Waals surface area contributed by atoms with Gasteiger partial charge in [0, 0.05) is 24.8 Å². The molecule has 8 heteroatoms. The van der Waals surface area contributed by atoms with Crippen LogP contribution in [0.3, 0.4) is 0 Å². The first-order valence-corrected chi connectivity index (χ1v) is 9.30. The number of nitrogens with one attached hydrogen (secondary N) is 3. The molecule has 0 bridgehead atoms. The first kappa shape index (κ1) is 20.2. The quantitative estimate of drug-likeness (QED) is 0.479. The van der Waals surface area contributed by atoms with Gasteiger partial charge < -0.3 is 20.7 Å². The van der Waals surface area contributed by atoms with Gasteiger partial charge in [-0.25, -0.2) is 9.97 Å². The molecule has 0 fully saturated rings. The molecule has 150 valence electrons. The van der Waals surface area contributed by atoms with E-state index in [1.807, 2.05) is 55.5 Å². The van der Waals surface area contributed by atoms with Crippen molar-refractivity contribution in [3.8, 4) is 0 Å². The molecule has 0 saturated heterocycles. The minimum atomic E-state index is -0.119. The molecule has 0 saturated carbocycles. The van der Waals surface area contributed by atoms with Crippen molar-refractivity contribution in [2.24, 2.45) is 0 Å². The first-order chi connectivity index (χ1) is 14.1. The van der Waals surface area contributed by atoms with E-state index in [9.17, 15) is 4.79 Å². The lowest BCUT2D eigenvalue weighted by Gasteiger charge is -2.13. The van der Waals surface area contributed by atoms with Crippen LogP contribution in [0, 0.1) is 6.92 Å². The summed E-state index contributed by atoms with van der Waals surface area (Å²) in [6.07, 6.45) is 1.44. The Kier molecular flexibility index (Phi) is 7.07. The molecule has 1 heterocycles. The zero-order valence-corrected chi connectivity index (χ0v) is 16.5. The van der Waals surface area contributed by atoms with Gasteiger partial charge >= 0.3 is 0 Å². The van der Waals surface area contributed by atoms with Crippen LogP contribution in [0.1, 0.15) is 18.1 Å². The Morgan fingerprint density at radius 1 is 1.00 bits per heavy atom. The van der Waals surface area contributed by atoms with Crippen LogP contribution in [-0.2, 0) is 16.1 Å². The minimum Gasteiger partial charge on any atom is -0.375 e. The lowest BCUT2D eigenvalue weighted by Crippen LogP contribution is -2.12. The predicted molar refractivity (Wildman–Crippen MR) is 113 cm³/mol. The molecule has 2 aromatic carbocycles. The zero-order chi connectivity index (χ0) is 20.5. The maximum absolute atomic E-state index is 11.3. The second kappa shape index (κ2) is 10.1. The SMILES string of the molecule is CC(=O)Nc1cccc(Nc2ncnc(NCCOCc3ccccc3)n2)c1C. The third-order valence-electron chi connectivity index (χ3n) is 4.10. The fourth-order valence-corrected chi connectivity index (χ4v) is 2.66. The number of hydrogen-bond donors (Lipinski definition) is 3. The Hall–Kier alpha value is -3.52. The summed E-state index contributed by atoms with van der Waals surface area (Å²) in [6.45, 7) is 5.07. The van der Waals surface area contributed by atoms with Crippen molar-refractivity contribution in [1.82, 2.24) is 15.0 Å². The van der Waals surface area contributed by atoms with Gasteiger partial charge in [-0.15, -0.1) is 0 Å². The number of nitrogens with zero attached hydrogens (tertiary/aromatic N) is 3. The molecule has 3 N–H and O–H groups in total. The normalized spacial score (nSPS) is 10.4. The van der Waals surface area contributed by atoms with Gasteiger partial charge in [0.05, 0.1) is 13.2 Å². The van der Waals surface area contributed by atoms with Crippen LogP contribution < -0.4 is 16.0 Å². The number of anilines is 4. The lowest BCUT2D eigenvalue weighted by atomic mass is 10.1. The number of ether oxygens (including phenoxy) is 1. The number of aromatic nitrogens is 3. The molecule has 8 nitrogen and oxygen atoms in total. The largest absolute Gasteiger partial charge is 0.375 e. The Labute approximate surface area is 169 Å². The van der Waals surface area contributed by atoms with Crippen molar-refractivity contribution in [2.45, 2.75) is 20.5 Å². The van der Waals surface area contributed by atoms with E-state index in [0.717, 1.165) is 22.5 Å². The van der Waals surface area contributed by atoms with E-state index in [2.05, 4.69) is 30.9 Å². The zero-order valence-electron chi connectivity index (χ0n) is 16.5. The monoisotopic (exact) mass is 392 g/mol. The molecule has 29 heavy (non-hydrogen) atoms. The van der Waals surface area contributed by atoms with E-state index in [-0.39, 0.29) is 5.91 Å². The number of carbonyl (C=O) groups is 1. The van der Waals surface area contributed by atoms with Crippen LogP contribution in [0.2, 0.25) is 0 Å². The van der Waals surface area contributed by atoms with Crippen molar-refractivity contribution in [3.05, 3.63) is 66.0 Å². The van der Waals surface area contributed by atoms with E-state index in [4.69, 9.17) is 4.74 Å². The van der Waals surface area contributed by atoms with Gasteiger partial charge in [0.2, 0.25) is 17.8 Å². The third-order valence-corrected chi connectivity index (χ3v) is 4.10. The van der Waals surface area contributed by atoms with Crippen LogP contribution in [0.4, 0.5) is 23.3 Å². The van der Waals surface area contributed by atoms with Crippen LogP contribution in [0.15, 0.2) is 54.9 Å². The van der Waals surface area contributed by atoms with Gasteiger partial charge in [-0.05, 0) is 30.2 Å². The maximum Gasteiger partial charge on any atom is 0.232 e. The van der Waals surface area contributed by atoms with Crippen LogP contribution in [-0.4, -0.2) is 34.0 Å². The summed E-state index contributed by atoms with van der Waals surface area (Å²) < 4.78 is 5.64. The van der Waals surface area contributed by atoms with E-state index in [1.54, 1.807) is 0 Å². The number of amides is 1. The van der Waals surface area contributed by atoms with Crippen LogP contribution in [0.5, 0.6) is 0 Å². The molecule has 3 rings (SSSR count). The summed E-state index contributed by atoms with van der Waals surface area (Å²) >= 11 is 0. The number of carbonyl (C=O) groups excluding carboxylic acids is 1. The number of benzene rings is 2. The molecule has 0 spiro atoms. The summed E-state index contributed by atoms with van der Waals surface area (Å²) in [5, 5.41) is 9.09. The van der Waals surface area contributed by atoms with Gasteiger partial charge in [0.1, 0.15) is 6.33 Å². The third kappa shape index (κ3) is 6.25. The molecule has 0 atom stereocenters.